The van der Waals surface area contributed by atoms with E-state index in [1.54, 1.807) is 12.4 Å². The Morgan fingerprint density at radius 1 is 0.392 bits per heavy atom. The summed E-state index contributed by atoms with van der Waals surface area (Å²) in [5.74, 6) is 1.56. The van der Waals surface area contributed by atoms with Crippen molar-refractivity contribution in [2.24, 2.45) is 0 Å². The molecule has 0 aliphatic carbocycles. The second kappa shape index (κ2) is 12.0. The van der Waals surface area contributed by atoms with E-state index in [0.717, 1.165) is 38.9 Å². The van der Waals surface area contributed by atoms with E-state index in [-0.39, 0.29) is 0 Å². The van der Waals surface area contributed by atoms with E-state index < -0.39 is 0 Å². The molecule has 10 aromatic rings. The molecule has 0 aliphatic heterocycles. The summed E-state index contributed by atoms with van der Waals surface area (Å²) in [6.45, 7) is 0. The molecule has 0 N–H and O–H groups in total. The molecule has 0 radical (unpaired) electrons. The van der Waals surface area contributed by atoms with Gasteiger partial charge in [0.25, 0.3) is 0 Å². The summed E-state index contributed by atoms with van der Waals surface area (Å²) in [6, 6.07) is 50.1. The predicted octanol–water partition coefficient (Wildman–Crippen LogP) is 11.1. The fourth-order valence-electron chi connectivity index (χ4n) is 6.82. The van der Waals surface area contributed by atoms with Gasteiger partial charge in [-0.1, -0.05) is 103 Å². The van der Waals surface area contributed by atoms with Crippen LogP contribution in [0.15, 0.2) is 158 Å². The maximum Gasteiger partial charge on any atom is 0.182 e. The molecular formula is C44H26N6S. The Morgan fingerprint density at radius 3 is 1.76 bits per heavy atom. The third-order valence-electron chi connectivity index (χ3n) is 9.24. The SMILES string of the molecule is c1ccc(-c2nc(-c3ccc(-c4cccc(-c5nc6ccccc6c6c5ccc5c7ccccc7sc56)c4)cc3)nc(-c3ccccn3)n2)nc1. The van der Waals surface area contributed by atoms with Crippen LogP contribution >= 0.6 is 11.3 Å². The van der Waals surface area contributed by atoms with Gasteiger partial charge in [0.2, 0.25) is 0 Å². The highest BCUT2D eigenvalue weighted by Gasteiger charge is 2.17. The Balaban J connectivity index is 1.07. The van der Waals surface area contributed by atoms with Gasteiger partial charge in [-0.15, -0.1) is 11.3 Å². The molecular weight excluding hydrogens is 645 g/mol. The standard InChI is InChI=1S/C44H26N6S/c1-3-14-35-33(13-1)39-34(23-22-32-31-12-2-4-17-38(31)51-41(32)39)40(47-35)30-11-9-10-29(26-30)27-18-20-28(21-19-27)42-48-43(36-15-5-7-24-45-36)50-44(49-42)37-16-6-8-25-46-37/h1-26H. The molecule has 0 aliphatic rings. The summed E-state index contributed by atoms with van der Waals surface area (Å²) in [7, 11) is 0. The second-order valence-electron chi connectivity index (χ2n) is 12.3. The van der Waals surface area contributed by atoms with Crippen molar-refractivity contribution in [3.8, 4) is 56.8 Å². The van der Waals surface area contributed by atoms with Crippen molar-refractivity contribution in [1.82, 2.24) is 29.9 Å². The lowest BCUT2D eigenvalue weighted by molar-refractivity contribution is 1.05. The Morgan fingerprint density at radius 2 is 1.02 bits per heavy atom. The van der Waals surface area contributed by atoms with Crippen LogP contribution in [0.25, 0.3) is 98.7 Å². The van der Waals surface area contributed by atoms with Crippen LogP contribution in [0.4, 0.5) is 0 Å². The zero-order valence-electron chi connectivity index (χ0n) is 27.1. The van der Waals surface area contributed by atoms with E-state index in [2.05, 4.69) is 119 Å². The number of thiophene rings is 1. The van der Waals surface area contributed by atoms with Gasteiger partial charge in [0.15, 0.2) is 17.5 Å². The largest absolute Gasteiger partial charge is 0.253 e. The van der Waals surface area contributed by atoms with Gasteiger partial charge >= 0.3 is 0 Å². The zero-order chi connectivity index (χ0) is 33.7. The second-order valence-corrected chi connectivity index (χ2v) is 13.4. The van der Waals surface area contributed by atoms with Gasteiger partial charge in [0.05, 0.1) is 11.2 Å². The molecule has 6 nitrogen and oxygen atoms in total. The Hall–Kier alpha value is -6.70. The first-order valence-electron chi connectivity index (χ1n) is 16.7. The fraction of sp³-hybridized carbons (Fsp3) is 0. The molecule has 238 valence electrons. The summed E-state index contributed by atoms with van der Waals surface area (Å²) < 4.78 is 2.60. The van der Waals surface area contributed by atoms with E-state index >= 15 is 0 Å². The van der Waals surface area contributed by atoms with Crippen LogP contribution in [-0.4, -0.2) is 29.9 Å². The highest BCUT2D eigenvalue weighted by atomic mass is 32.1. The molecule has 5 aromatic heterocycles. The number of nitrogens with zero attached hydrogens (tertiary/aromatic N) is 6. The van der Waals surface area contributed by atoms with Crippen LogP contribution in [-0.2, 0) is 0 Å². The first-order chi connectivity index (χ1) is 25.3. The van der Waals surface area contributed by atoms with Crippen molar-refractivity contribution in [2.45, 2.75) is 0 Å². The van der Waals surface area contributed by atoms with Crippen molar-refractivity contribution in [3.63, 3.8) is 0 Å². The van der Waals surface area contributed by atoms with Crippen LogP contribution in [0, 0.1) is 0 Å². The fourth-order valence-corrected chi connectivity index (χ4v) is 8.08. The van der Waals surface area contributed by atoms with E-state index in [0.29, 0.717) is 28.9 Å². The van der Waals surface area contributed by atoms with Crippen molar-refractivity contribution in [3.05, 3.63) is 158 Å². The number of pyridine rings is 3. The van der Waals surface area contributed by atoms with E-state index in [9.17, 15) is 0 Å². The van der Waals surface area contributed by atoms with Crippen molar-refractivity contribution >= 4 is 53.2 Å². The van der Waals surface area contributed by atoms with Gasteiger partial charge in [-0.25, -0.2) is 19.9 Å². The maximum atomic E-state index is 5.26. The number of aromatic nitrogens is 6. The molecule has 0 atom stereocenters. The summed E-state index contributed by atoms with van der Waals surface area (Å²) in [5, 5.41) is 6.18. The molecule has 0 saturated heterocycles. The third kappa shape index (κ3) is 5.10. The van der Waals surface area contributed by atoms with E-state index in [4.69, 9.17) is 19.9 Å². The van der Waals surface area contributed by atoms with Gasteiger partial charge in [0, 0.05) is 59.9 Å². The van der Waals surface area contributed by atoms with Gasteiger partial charge in [-0.3, -0.25) is 9.97 Å². The molecule has 5 heterocycles. The topological polar surface area (TPSA) is 77.3 Å². The van der Waals surface area contributed by atoms with Crippen molar-refractivity contribution < 1.29 is 0 Å². The van der Waals surface area contributed by atoms with E-state index in [1.807, 2.05) is 47.7 Å². The lowest BCUT2D eigenvalue weighted by Crippen LogP contribution is -2.01. The summed E-state index contributed by atoms with van der Waals surface area (Å²) >= 11 is 1.86. The predicted molar refractivity (Wildman–Crippen MR) is 208 cm³/mol. The first-order valence-corrected chi connectivity index (χ1v) is 17.5. The molecule has 10 rings (SSSR count). The molecule has 0 bridgehead atoms. The minimum atomic E-state index is 0.501. The number of para-hydroxylation sites is 1. The number of hydrogen-bond acceptors (Lipinski definition) is 7. The zero-order valence-corrected chi connectivity index (χ0v) is 27.9. The quantitative estimate of drug-likeness (QED) is 0.170. The number of hydrogen-bond donors (Lipinski definition) is 0. The average molecular weight is 671 g/mol. The van der Waals surface area contributed by atoms with Crippen LogP contribution in [0.1, 0.15) is 0 Å². The first kappa shape index (κ1) is 29.2. The van der Waals surface area contributed by atoms with Crippen LogP contribution < -0.4 is 0 Å². The molecule has 0 amide bonds. The van der Waals surface area contributed by atoms with Crippen molar-refractivity contribution in [2.75, 3.05) is 0 Å². The molecule has 0 unspecified atom stereocenters. The molecule has 0 spiro atoms. The lowest BCUT2D eigenvalue weighted by Gasteiger charge is -2.12. The van der Waals surface area contributed by atoms with Crippen LogP contribution in [0.5, 0.6) is 0 Å². The Kier molecular flexibility index (Phi) is 6.89. The Labute approximate surface area is 296 Å². The molecule has 0 fully saturated rings. The van der Waals surface area contributed by atoms with Gasteiger partial charge in [-0.05, 0) is 53.6 Å². The molecule has 0 saturated carbocycles. The average Bonchev–Trinajstić information content (AvgIpc) is 3.60. The molecule has 51 heavy (non-hydrogen) atoms. The monoisotopic (exact) mass is 670 g/mol. The number of fused-ring (bicyclic) bond motifs is 7. The third-order valence-corrected chi connectivity index (χ3v) is 10.4. The molecule has 7 heteroatoms. The van der Waals surface area contributed by atoms with Crippen LogP contribution in [0.2, 0.25) is 0 Å². The van der Waals surface area contributed by atoms with Crippen LogP contribution in [0.3, 0.4) is 0 Å². The van der Waals surface area contributed by atoms with Gasteiger partial charge in [0.1, 0.15) is 11.4 Å². The number of benzene rings is 5. The maximum absolute atomic E-state index is 5.26. The van der Waals surface area contributed by atoms with E-state index in [1.165, 1.54) is 30.9 Å². The minimum Gasteiger partial charge on any atom is -0.253 e. The smallest absolute Gasteiger partial charge is 0.182 e. The number of rotatable bonds is 5. The highest BCUT2D eigenvalue weighted by molar-refractivity contribution is 7.26. The summed E-state index contributed by atoms with van der Waals surface area (Å²) in [6.07, 6.45) is 3.48. The van der Waals surface area contributed by atoms with Crippen molar-refractivity contribution in [1.29, 1.82) is 0 Å². The minimum absolute atomic E-state index is 0.501. The molecule has 5 aromatic carbocycles. The highest BCUT2D eigenvalue weighted by Crippen LogP contribution is 2.43. The van der Waals surface area contributed by atoms with Gasteiger partial charge in [-0.2, -0.15) is 0 Å². The van der Waals surface area contributed by atoms with Gasteiger partial charge < -0.3 is 0 Å². The Bertz CT molecular complexity index is 2850. The summed E-state index contributed by atoms with van der Waals surface area (Å²) in [4.78, 5) is 28.6. The normalized spacial score (nSPS) is 11.5. The summed E-state index contributed by atoms with van der Waals surface area (Å²) in [5.41, 5.74) is 7.46. The lowest BCUT2D eigenvalue weighted by atomic mass is 9.96.